The number of amides is 1. The van der Waals surface area contributed by atoms with Crippen molar-refractivity contribution in [1.29, 1.82) is 0 Å². The van der Waals surface area contributed by atoms with Crippen LogP contribution in [0.2, 0.25) is 5.02 Å². The number of sulfonamides is 1. The number of ether oxygens (including phenoxy) is 1. The number of nitrogens with zero attached hydrogens (tertiary/aromatic N) is 4. The number of anilines is 1. The maximum Gasteiger partial charge on any atom is 0.243 e. The van der Waals surface area contributed by atoms with Crippen molar-refractivity contribution in [2.45, 2.75) is 36.7 Å². The smallest absolute Gasteiger partial charge is 0.243 e. The van der Waals surface area contributed by atoms with Crippen molar-refractivity contribution in [2.24, 2.45) is 0 Å². The minimum atomic E-state index is -3.92. The number of para-hydroxylation sites is 1. The van der Waals surface area contributed by atoms with Crippen LogP contribution in [-0.4, -0.2) is 59.9 Å². The van der Waals surface area contributed by atoms with Crippen molar-refractivity contribution in [3.63, 3.8) is 0 Å². The lowest BCUT2D eigenvalue weighted by Gasteiger charge is -2.33. The van der Waals surface area contributed by atoms with Crippen LogP contribution in [0.1, 0.15) is 19.3 Å². The van der Waals surface area contributed by atoms with E-state index < -0.39 is 22.0 Å². The molecule has 9 nitrogen and oxygen atoms in total. The van der Waals surface area contributed by atoms with E-state index in [1.54, 1.807) is 42.1 Å². The number of hydrogen-bond donors (Lipinski definition) is 1. The number of nitrogens with one attached hydrogen (secondary N) is 1. The molecule has 170 valence electrons. The van der Waals surface area contributed by atoms with E-state index in [1.807, 2.05) is 0 Å². The number of rotatable bonds is 7. The quantitative estimate of drug-likeness (QED) is 0.560. The van der Waals surface area contributed by atoms with E-state index in [-0.39, 0.29) is 11.4 Å². The summed E-state index contributed by atoms with van der Waals surface area (Å²) in [6, 6.07) is 10.8. The number of hydrogen-bond acceptors (Lipinski definition) is 6. The largest absolute Gasteiger partial charge is 0.383 e. The highest BCUT2D eigenvalue weighted by Crippen LogP contribution is 2.29. The molecule has 1 amide bonds. The van der Waals surface area contributed by atoms with Crippen molar-refractivity contribution in [3.05, 3.63) is 47.5 Å². The molecule has 1 aliphatic rings. The SMILES string of the molecule is COCCn1nnc2cc(S(=O)(=O)N3CCCC[C@H]3C(=O)Nc3ccccc3Cl)ccc21. The van der Waals surface area contributed by atoms with E-state index in [4.69, 9.17) is 16.3 Å². The number of methoxy groups -OCH3 is 1. The summed E-state index contributed by atoms with van der Waals surface area (Å²) in [5, 5.41) is 11.3. The van der Waals surface area contributed by atoms with Crippen molar-refractivity contribution in [3.8, 4) is 0 Å². The number of carbonyl (C=O) groups is 1. The third-order valence-corrected chi connectivity index (χ3v) is 7.72. The molecule has 2 heterocycles. The molecule has 0 aliphatic carbocycles. The molecular formula is C21H24ClN5O4S. The van der Waals surface area contributed by atoms with Gasteiger partial charge in [0.25, 0.3) is 0 Å². The highest BCUT2D eigenvalue weighted by molar-refractivity contribution is 7.89. The molecule has 4 rings (SSSR count). The highest BCUT2D eigenvalue weighted by Gasteiger charge is 2.38. The minimum Gasteiger partial charge on any atom is -0.383 e. The zero-order chi connectivity index (χ0) is 22.7. The van der Waals surface area contributed by atoms with E-state index in [0.717, 1.165) is 6.42 Å². The molecule has 1 atom stereocenters. The number of aromatic nitrogens is 3. The lowest BCUT2D eigenvalue weighted by Crippen LogP contribution is -2.49. The van der Waals surface area contributed by atoms with Gasteiger partial charge in [0.15, 0.2) is 0 Å². The number of carbonyl (C=O) groups excluding carboxylic acids is 1. The Morgan fingerprint density at radius 1 is 1.25 bits per heavy atom. The van der Waals surface area contributed by atoms with Crippen molar-refractivity contribution in [2.75, 3.05) is 25.6 Å². The van der Waals surface area contributed by atoms with Crippen LogP contribution in [-0.2, 0) is 26.1 Å². The summed E-state index contributed by atoms with van der Waals surface area (Å²) >= 11 is 6.15. The van der Waals surface area contributed by atoms with Crippen LogP contribution >= 0.6 is 11.6 Å². The van der Waals surface area contributed by atoms with Gasteiger partial charge in [-0.2, -0.15) is 4.31 Å². The summed E-state index contributed by atoms with van der Waals surface area (Å²) in [7, 11) is -2.32. The average molecular weight is 478 g/mol. The fourth-order valence-corrected chi connectivity index (χ4v) is 5.68. The van der Waals surface area contributed by atoms with Gasteiger partial charge in [-0.25, -0.2) is 13.1 Å². The maximum absolute atomic E-state index is 13.5. The molecule has 1 aromatic heterocycles. The van der Waals surface area contributed by atoms with Gasteiger partial charge in [0.2, 0.25) is 15.9 Å². The lowest BCUT2D eigenvalue weighted by molar-refractivity contribution is -0.120. The van der Waals surface area contributed by atoms with E-state index in [9.17, 15) is 13.2 Å². The predicted molar refractivity (Wildman–Crippen MR) is 121 cm³/mol. The normalized spacial score (nSPS) is 17.5. The molecule has 0 bridgehead atoms. The summed E-state index contributed by atoms with van der Waals surface area (Å²) in [6.07, 6.45) is 1.88. The van der Waals surface area contributed by atoms with E-state index in [2.05, 4.69) is 15.6 Å². The van der Waals surface area contributed by atoms with Gasteiger partial charge in [-0.05, 0) is 43.2 Å². The van der Waals surface area contributed by atoms with Crippen LogP contribution in [0, 0.1) is 0 Å². The molecule has 3 aromatic rings. The Kier molecular flexibility index (Phi) is 6.75. The van der Waals surface area contributed by atoms with Gasteiger partial charge in [-0.15, -0.1) is 5.10 Å². The summed E-state index contributed by atoms with van der Waals surface area (Å²) in [5.41, 5.74) is 1.64. The van der Waals surface area contributed by atoms with Crippen molar-refractivity contribution in [1.82, 2.24) is 19.3 Å². The van der Waals surface area contributed by atoms with Gasteiger partial charge in [0.05, 0.1) is 34.3 Å². The summed E-state index contributed by atoms with van der Waals surface area (Å²) in [5.74, 6) is -0.395. The van der Waals surface area contributed by atoms with Gasteiger partial charge < -0.3 is 10.1 Å². The van der Waals surface area contributed by atoms with Gasteiger partial charge in [-0.3, -0.25) is 4.79 Å². The summed E-state index contributed by atoms with van der Waals surface area (Å²) in [6.45, 7) is 1.24. The molecule has 1 fully saturated rings. The minimum absolute atomic E-state index is 0.0845. The number of fused-ring (bicyclic) bond motifs is 1. The molecule has 32 heavy (non-hydrogen) atoms. The Balaban J connectivity index is 1.61. The molecule has 0 unspecified atom stereocenters. The van der Waals surface area contributed by atoms with Gasteiger partial charge in [0.1, 0.15) is 11.6 Å². The molecule has 0 spiro atoms. The van der Waals surface area contributed by atoms with Crippen LogP contribution in [0.15, 0.2) is 47.4 Å². The summed E-state index contributed by atoms with van der Waals surface area (Å²) in [4.78, 5) is 13.1. The predicted octanol–water partition coefficient (Wildman–Crippen LogP) is 2.91. The third kappa shape index (κ3) is 4.49. The third-order valence-electron chi connectivity index (χ3n) is 5.49. The molecule has 0 saturated carbocycles. The van der Waals surface area contributed by atoms with Crippen LogP contribution in [0.25, 0.3) is 11.0 Å². The number of piperidine rings is 1. The van der Waals surface area contributed by atoms with Crippen molar-refractivity contribution >= 4 is 44.3 Å². The number of halogens is 1. The highest BCUT2D eigenvalue weighted by atomic mass is 35.5. The Labute approximate surface area is 191 Å². The molecule has 11 heteroatoms. The topological polar surface area (TPSA) is 106 Å². The van der Waals surface area contributed by atoms with E-state index in [0.29, 0.717) is 47.7 Å². The van der Waals surface area contributed by atoms with Crippen molar-refractivity contribution < 1.29 is 17.9 Å². The number of benzene rings is 2. The second-order valence-corrected chi connectivity index (χ2v) is 9.85. The molecule has 1 saturated heterocycles. The second-order valence-electron chi connectivity index (χ2n) is 7.55. The fraction of sp³-hybridized carbons (Fsp3) is 0.381. The summed E-state index contributed by atoms with van der Waals surface area (Å²) < 4.78 is 35.0. The molecule has 1 N–H and O–H groups in total. The van der Waals surface area contributed by atoms with E-state index >= 15 is 0 Å². The Morgan fingerprint density at radius 2 is 2.06 bits per heavy atom. The maximum atomic E-state index is 13.5. The van der Waals surface area contributed by atoms with Crippen LogP contribution in [0.5, 0.6) is 0 Å². The fourth-order valence-electron chi connectivity index (χ4n) is 3.82. The van der Waals surface area contributed by atoms with E-state index in [1.165, 1.54) is 16.4 Å². The van der Waals surface area contributed by atoms with Gasteiger partial charge in [-0.1, -0.05) is 35.4 Å². The van der Waals surface area contributed by atoms with Gasteiger partial charge in [0, 0.05) is 13.7 Å². The Bertz CT molecular complexity index is 1230. The average Bonchev–Trinajstić information content (AvgIpc) is 3.21. The standard InChI is InChI=1S/C21H24ClN5O4S/c1-31-13-12-26-19-10-9-15(14-18(19)24-25-26)32(29,30)27-11-5-4-8-20(27)21(28)23-17-7-3-2-6-16(17)22/h2-3,6-7,9-10,14,20H,4-5,8,11-13H2,1H3,(H,23,28)/t20-/m0/s1. The zero-order valence-electron chi connectivity index (χ0n) is 17.6. The van der Waals surface area contributed by atoms with Crippen LogP contribution in [0.3, 0.4) is 0 Å². The Morgan fingerprint density at radius 3 is 2.84 bits per heavy atom. The van der Waals surface area contributed by atoms with Gasteiger partial charge >= 0.3 is 0 Å². The Hall–Kier alpha value is -2.53. The first kappa shape index (κ1) is 22.7. The van der Waals surface area contributed by atoms with Crippen LogP contribution < -0.4 is 5.32 Å². The second kappa shape index (κ2) is 9.53. The lowest BCUT2D eigenvalue weighted by atomic mass is 10.0. The first-order valence-corrected chi connectivity index (χ1v) is 12.1. The van der Waals surface area contributed by atoms with Crippen LogP contribution in [0.4, 0.5) is 5.69 Å². The zero-order valence-corrected chi connectivity index (χ0v) is 19.1. The molecule has 0 radical (unpaired) electrons. The molecule has 1 aliphatic heterocycles. The monoisotopic (exact) mass is 477 g/mol. The molecule has 2 aromatic carbocycles. The first-order valence-electron chi connectivity index (χ1n) is 10.3. The first-order chi connectivity index (χ1) is 15.4. The molecular weight excluding hydrogens is 454 g/mol.